The Kier molecular flexibility index (Phi) is 10.6. The first-order chi connectivity index (χ1) is 16.0. The van der Waals surface area contributed by atoms with Crippen molar-refractivity contribution in [1.82, 2.24) is 10.3 Å². The summed E-state index contributed by atoms with van der Waals surface area (Å²) in [5.74, 6) is -1.76. The predicted octanol–water partition coefficient (Wildman–Crippen LogP) is 5.59. The third-order valence-corrected chi connectivity index (χ3v) is 6.98. The fourth-order valence-electron chi connectivity index (χ4n) is 3.48. The number of methoxy groups -OCH3 is 1. The lowest BCUT2D eigenvalue weighted by atomic mass is 9.96. The monoisotopic (exact) mass is 495 g/mol. The number of nitrogens with one attached hydrogen (secondary N) is 2. The molecule has 0 fully saturated rings. The number of benzene rings is 1. The van der Waals surface area contributed by atoms with E-state index in [0.717, 1.165) is 30.2 Å². The second-order valence-corrected chi connectivity index (χ2v) is 10.2. The average Bonchev–Trinajstić information content (AvgIpc) is 3.23. The highest BCUT2D eigenvalue weighted by Crippen LogP contribution is 2.30. The van der Waals surface area contributed by atoms with E-state index in [2.05, 4.69) is 36.4 Å². The number of ether oxygens (including phenoxy) is 1. The van der Waals surface area contributed by atoms with E-state index < -0.39 is 17.7 Å². The molecular formula is C25H35F2N3O3S. The van der Waals surface area contributed by atoms with Crippen molar-refractivity contribution in [2.24, 2.45) is 0 Å². The standard InChI is InChI=1S/C25H35F2N3O3S/c1-6-20(29-22(31)10-9-17-12-18(26)14-19(27)13-17)23(32)30-24-28-15-21(34-24)16(2)8-7-11-25(3,4)33-5/h12-16,20H,6-11H2,1-5H3,(H,29,31)(H,28,30,32)/t16-,20-/m0/s1. The largest absolute Gasteiger partial charge is 0.379 e. The Hall–Kier alpha value is -2.39. The molecule has 0 spiro atoms. The van der Waals surface area contributed by atoms with E-state index in [1.807, 2.05) is 0 Å². The number of hydrogen-bond acceptors (Lipinski definition) is 5. The summed E-state index contributed by atoms with van der Waals surface area (Å²) >= 11 is 1.43. The lowest BCUT2D eigenvalue weighted by molar-refractivity contribution is -0.126. The Morgan fingerprint density at radius 3 is 2.50 bits per heavy atom. The minimum absolute atomic E-state index is 0.0193. The predicted molar refractivity (Wildman–Crippen MR) is 131 cm³/mol. The van der Waals surface area contributed by atoms with Crippen molar-refractivity contribution in [3.05, 3.63) is 46.5 Å². The fraction of sp³-hybridized carbons (Fsp3) is 0.560. The van der Waals surface area contributed by atoms with Gasteiger partial charge in [-0.25, -0.2) is 13.8 Å². The number of carbonyl (C=O) groups is 2. The SMILES string of the molecule is CC[C@H](NC(=O)CCc1cc(F)cc(F)c1)C(=O)Nc1ncc([C@@H](C)CCCC(C)(C)OC)s1. The highest BCUT2D eigenvalue weighted by Gasteiger charge is 2.21. The van der Waals surface area contributed by atoms with E-state index in [1.54, 1.807) is 20.2 Å². The molecule has 0 aliphatic carbocycles. The van der Waals surface area contributed by atoms with Crippen LogP contribution in [0.15, 0.2) is 24.4 Å². The minimum Gasteiger partial charge on any atom is -0.379 e. The van der Waals surface area contributed by atoms with Crippen molar-refractivity contribution in [3.63, 3.8) is 0 Å². The van der Waals surface area contributed by atoms with E-state index in [4.69, 9.17) is 4.74 Å². The molecule has 0 aliphatic rings. The number of nitrogens with zero attached hydrogens (tertiary/aromatic N) is 1. The van der Waals surface area contributed by atoms with Gasteiger partial charge in [-0.15, -0.1) is 11.3 Å². The molecule has 9 heteroatoms. The molecule has 0 saturated carbocycles. The van der Waals surface area contributed by atoms with Gasteiger partial charge in [-0.2, -0.15) is 0 Å². The molecule has 1 heterocycles. The van der Waals surface area contributed by atoms with Crippen molar-refractivity contribution in [3.8, 4) is 0 Å². The summed E-state index contributed by atoms with van der Waals surface area (Å²) in [6, 6.07) is 2.45. The number of aryl methyl sites for hydroxylation is 1. The molecular weight excluding hydrogens is 460 g/mol. The van der Waals surface area contributed by atoms with Gasteiger partial charge in [0.25, 0.3) is 0 Å². The van der Waals surface area contributed by atoms with Gasteiger partial charge in [0.05, 0.1) is 5.60 Å². The van der Waals surface area contributed by atoms with Crippen LogP contribution in [-0.2, 0) is 20.7 Å². The number of hydrogen-bond donors (Lipinski definition) is 2. The molecule has 1 aromatic carbocycles. The van der Waals surface area contributed by atoms with Crippen molar-refractivity contribution in [1.29, 1.82) is 0 Å². The van der Waals surface area contributed by atoms with Crippen LogP contribution in [0.4, 0.5) is 13.9 Å². The summed E-state index contributed by atoms with van der Waals surface area (Å²) in [6.45, 7) is 8.08. The van der Waals surface area contributed by atoms with Crippen LogP contribution in [0.5, 0.6) is 0 Å². The number of amides is 2. The van der Waals surface area contributed by atoms with Gasteiger partial charge in [0.2, 0.25) is 11.8 Å². The van der Waals surface area contributed by atoms with Crippen molar-refractivity contribution in [2.45, 2.75) is 83.8 Å². The summed E-state index contributed by atoms with van der Waals surface area (Å²) in [5.41, 5.74) is 0.250. The van der Waals surface area contributed by atoms with E-state index in [0.29, 0.717) is 23.0 Å². The molecule has 2 amide bonds. The molecule has 1 aromatic heterocycles. The molecule has 2 rings (SSSR count). The van der Waals surface area contributed by atoms with E-state index in [9.17, 15) is 18.4 Å². The summed E-state index contributed by atoms with van der Waals surface area (Å²) in [5, 5.41) is 5.97. The summed E-state index contributed by atoms with van der Waals surface area (Å²) in [7, 11) is 1.72. The molecule has 0 saturated heterocycles. The van der Waals surface area contributed by atoms with Crippen molar-refractivity contribution in [2.75, 3.05) is 12.4 Å². The maximum absolute atomic E-state index is 13.3. The highest BCUT2D eigenvalue weighted by molar-refractivity contribution is 7.15. The van der Waals surface area contributed by atoms with Crippen LogP contribution in [0.1, 0.15) is 76.2 Å². The van der Waals surface area contributed by atoms with E-state index in [1.165, 1.54) is 23.5 Å². The second-order valence-electron chi connectivity index (χ2n) is 9.12. The zero-order valence-electron chi connectivity index (χ0n) is 20.5. The van der Waals surface area contributed by atoms with E-state index >= 15 is 0 Å². The number of halogens is 2. The highest BCUT2D eigenvalue weighted by atomic mass is 32.1. The summed E-state index contributed by atoms with van der Waals surface area (Å²) in [4.78, 5) is 30.4. The third-order valence-electron chi connectivity index (χ3n) is 5.83. The quantitative estimate of drug-likeness (QED) is 0.380. The van der Waals surface area contributed by atoms with Gasteiger partial charge in [-0.1, -0.05) is 13.8 Å². The molecule has 2 atom stereocenters. The first-order valence-corrected chi connectivity index (χ1v) is 12.4. The molecule has 2 N–H and O–H groups in total. The smallest absolute Gasteiger partial charge is 0.248 e. The minimum atomic E-state index is -0.724. The maximum Gasteiger partial charge on any atom is 0.248 e. The van der Waals surface area contributed by atoms with Crippen LogP contribution in [0.25, 0.3) is 0 Å². The molecule has 0 unspecified atom stereocenters. The van der Waals surface area contributed by atoms with E-state index in [-0.39, 0.29) is 30.3 Å². The van der Waals surface area contributed by atoms with Gasteiger partial charge in [-0.3, -0.25) is 9.59 Å². The van der Waals surface area contributed by atoms with Gasteiger partial charge >= 0.3 is 0 Å². The van der Waals surface area contributed by atoms with Crippen LogP contribution in [-0.4, -0.2) is 35.6 Å². The lowest BCUT2D eigenvalue weighted by Gasteiger charge is -2.23. The van der Waals surface area contributed by atoms with Crippen LogP contribution >= 0.6 is 11.3 Å². The zero-order valence-corrected chi connectivity index (χ0v) is 21.4. The first-order valence-electron chi connectivity index (χ1n) is 11.6. The van der Waals surface area contributed by atoms with Crippen molar-refractivity contribution >= 4 is 28.3 Å². The Balaban J connectivity index is 1.84. The second kappa shape index (κ2) is 12.9. The van der Waals surface area contributed by atoms with Crippen LogP contribution < -0.4 is 10.6 Å². The average molecular weight is 496 g/mol. The normalized spacial score (nSPS) is 13.4. The molecule has 0 bridgehead atoms. The molecule has 34 heavy (non-hydrogen) atoms. The lowest BCUT2D eigenvalue weighted by Crippen LogP contribution is -2.43. The third kappa shape index (κ3) is 9.10. The Bertz CT molecular complexity index is 944. The molecule has 2 aromatic rings. The molecule has 6 nitrogen and oxygen atoms in total. The topological polar surface area (TPSA) is 80.3 Å². The maximum atomic E-state index is 13.3. The van der Waals surface area contributed by atoms with Crippen molar-refractivity contribution < 1.29 is 23.1 Å². The number of rotatable bonds is 13. The Labute approximate surface area is 204 Å². The van der Waals surface area contributed by atoms with Crippen LogP contribution in [0, 0.1) is 11.6 Å². The molecule has 0 aliphatic heterocycles. The van der Waals surface area contributed by atoms with Gasteiger partial charge in [0, 0.05) is 30.7 Å². The summed E-state index contributed by atoms with van der Waals surface area (Å²) in [6.07, 6.45) is 5.35. The zero-order chi connectivity index (χ0) is 25.3. The first kappa shape index (κ1) is 27.9. The Morgan fingerprint density at radius 2 is 1.88 bits per heavy atom. The van der Waals surface area contributed by atoms with Gasteiger partial charge in [0.15, 0.2) is 5.13 Å². The number of aromatic nitrogens is 1. The number of anilines is 1. The van der Waals surface area contributed by atoms with Gasteiger partial charge in [-0.05, 0) is 69.6 Å². The fourth-order valence-corrected chi connectivity index (χ4v) is 4.38. The molecule has 188 valence electrons. The van der Waals surface area contributed by atoms with Crippen LogP contribution in [0.2, 0.25) is 0 Å². The van der Waals surface area contributed by atoms with Gasteiger partial charge in [0.1, 0.15) is 17.7 Å². The summed E-state index contributed by atoms with van der Waals surface area (Å²) < 4.78 is 32.1. The number of thiazole rings is 1. The molecule has 0 radical (unpaired) electrons. The number of carbonyl (C=O) groups excluding carboxylic acids is 2. The van der Waals surface area contributed by atoms with Gasteiger partial charge < -0.3 is 15.4 Å². The van der Waals surface area contributed by atoms with Crippen LogP contribution in [0.3, 0.4) is 0 Å². The Morgan fingerprint density at radius 1 is 1.21 bits per heavy atom.